The number of hydrogen-bond acceptors (Lipinski definition) is 7. The Morgan fingerprint density at radius 1 is 0.932 bits per heavy atom. The fourth-order valence-corrected chi connectivity index (χ4v) is 6.49. The van der Waals surface area contributed by atoms with Gasteiger partial charge in [-0.25, -0.2) is 0 Å². The van der Waals surface area contributed by atoms with Crippen molar-refractivity contribution in [3.8, 4) is 11.8 Å². The molecule has 2 fully saturated rings. The molecule has 2 aromatic carbocycles. The Bertz CT molecular complexity index is 1520. The first-order valence-corrected chi connectivity index (χ1v) is 15.3. The van der Waals surface area contributed by atoms with Gasteiger partial charge in [-0.05, 0) is 91.2 Å². The van der Waals surface area contributed by atoms with Crippen molar-refractivity contribution in [3.63, 3.8) is 0 Å². The van der Waals surface area contributed by atoms with Crippen LogP contribution in [-0.2, 0) is 6.54 Å². The number of amides is 1. The van der Waals surface area contributed by atoms with Gasteiger partial charge >= 0.3 is 0 Å². The molecule has 44 heavy (non-hydrogen) atoms. The van der Waals surface area contributed by atoms with Crippen molar-refractivity contribution >= 4 is 17.5 Å². The van der Waals surface area contributed by atoms with Gasteiger partial charge in [0.2, 0.25) is 0 Å². The number of methoxy groups -OCH3 is 1. The number of piperidine rings is 2. The van der Waals surface area contributed by atoms with Gasteiger partial charge in [-0.15, -0.1) is 0 Å². The maximum Gasteiger partial charge on any atom is 0.272 e. The van der Waals surface area contributed by atoms with Crippen LogP contribution in [0.2, 0.25) is 0 Å². The minimum Gasteiger partial charge on any atom is -0.497 e. The predicted octanol–water partition coefficient (Wildman–Crippen LogP) is 5.82. The standard InChI is InChI=1S/C36H40N4O4/c1-36(2)24-39(23-26-6-4-25(21-37)5-7-26)17-16-30(36)20-33(41)29-10-13-32(38-22-29)35(43)40-18-14-28(15-19-40)34(42)27-8-11-31(44-3)12-9-27/h4-13,22,28,30H,14-20,23-24H2,1-3H3. The third kappa shape index (κ3) is 7.23. The highest BCUT2D eigenvalue weighted by molar-refractivity contribution is 5.99. The second kappa shape index (κ2) is 13.5. The highest BCUT2D eigenvalue weighted by atomic mass is 16.5. The molecule has 0 aliphatic carbocycles. The largest absolute Gasteiger partial charge is 0.497 e. The summed E-state index contributed by atoms with van der Waals surface area (Å²) in [6, 6.07) is 20.4. The van der Waals surface area contributed by atoms with Crippen LogP contribution in [-0.4, -0.2) is 65.5 Å². The van der Waals surface area contributed by atoms with Crippen molar-refractivity contribution < 1.29 is 19.1 Å². The van der Waals surface area contributed by atoms with Crippen LogP contribution in [0.1, 0.15) is 81.9 Å². The Morgan fingerprint density at radius 2 is 1.61 bits per heavy atom. The number of benzene rings is 2. The van der Waals surface area contributed by atoms with Gasteiger partial charge in [0.25, 0.3) is 5.91 Å². The number of carbonyl (C=O) groups is 3. The van der Waals surface area contributed by atoms with Crippen LogP contribution < -0.4 is 4.74 Å². The second-order valence-corrected chi connectivity index (χ2v) is 12.7. The maximum atomic E-state index is 13.3. The van der Waals surface area contributed by atoms with Crippen molar-refractivity contribution in [1.82, 2.24) is 14.8 Å². The first kappa shape index (κ1) is 31.1. The van der Waals surface area contributed by atoms with Gasteiger partial charge < -0.3 is 9.64 Å². The third-order valence-electron chi connectivity index (χ3n) is 9.28. The molecule has 2 aliphatic rings. The summed E-state index contributed by atoms with van der Waals surface area (Å²) < 4.78 is 5.18. The monoisotopic (exact) mass is 592 g/mol. The summed E-state index contributed by atoms with van der Waals surface area (Å²) in [5.74, 6) is 0.815. The highest BCUT2D eigenvalue weighted by Gasteiger charge is 2.37. The zero-order chi connectivity index (χ0) is 31.3. The summed E-state index contributed by atoms with van der Waals surface area (Å²) in [6.45, 7) is 8.06. The number of rotatable bonds is 9. The zero-order valence-corrected chi connectivity index (χ0v) is 25.8. The SMILES string of the molecule is COc1ccc(C(=O)C2CCN(C(=O)c3ccc(C(=O)CC4CCN(Cc5ccc(C#N)cc5)CC4(C)C)cn3)CC2)cc1. The number of nitrogens with zero attached hydrogens (tertiary/aromatic N) is 4. The molecule has 0 spiro atoms. The van der Waals surface area contributed by atoms with Gasteiger partial charge in [0.05, 0.1) is 18.7 Å². The Hall–Kier alpha value is -4.35. The zero-order valence-electron chi connectivity index (χ0n) is 25.8. The number of hydrogen-bond donors (Lipinski definition) is 0. The highest BCUT2D eigenvalue weighted by Crippen LogP contribution is 2.38. The van der Waals surface area contributed by atoms with E-state index < -0.39 is 0 Å². The van der Waals surface area contributed by atoms with E-state index in [2.05, 4.69) is 29.8 Å². The Kier molecular flexibility index (Phi) is 9.55. The summed E-state index contributed by atoms with van der Waals surface area (Å²) in [7, 11) is 1.59. The quantitative estimate of drug-likeness (QED) is 0.289. The minimum absolute atomic E-state index is 0.0370. The molecule has 8 heteroatoms. The lowest BCUT2D eigenvalue weighted by Crippen LogP contribution is -2.45. The minimum atomic E-state index is -0.171. The van der Waals surface area contributed by atoms with Gasteiger partial charge in [0, 0.05) is 55.8 Å². The van der Waals surface area contributed by atoms with Crippen molar-refractivity contribution in [2.24, 2.45) is 17.3 Å². The van der Waals surface area contributed by atoms with Crippen molar-refractivity contribution in [2.45, 2.75) is 46.1 Å². The van der Waals surface area contributed by atoms with Crippen LogP contribution in [0.3, 0.4) is 0 Å². The average molecular weight is 593 g/mol. The molecule has 2 saturated heterocycles. The first-order chi connectivity index (χ1) is 21.2. The summed E-state index contributed by atoms with van der Waals surface area (Å²) in [5.41, 5.74) is 3.32. The van der Waals surface area contributed by atoms with Crippen LogP contribution in [0.4, 0.5) is 0 Å². The Balaban J connectivity index is 1.11. The molecule has 2 aliphatic heterocycles. The van der Waals surface area contributed by atoms with Crippen molar-refractivity contribution in [3.05, 3.63) is 94.8 Å². The van der Waals surface area contributed by atoms with Gasteiger partial charge in [-0.2, -0.15) is 5.26 Å². The second-order valence-electron chi connectivity index (χ2n) is 12.7. The summed E-state index contributed by atoms with van der Waals surface area (Å²) in [6.07, 6.45) is 4.12. The van der Waals surface area contributed by atoms with Crippen LogP contribution in [0.15, 0.2) is 66.9 Å². The molecule has 1 unspecified atom stereocenters. The number of Topliss-reactive ketones (excluding diaryl/α,β-unsaturated/α-hetero) is 2. The molecule has 0 radical (unpaired) electrons. The fraction of sp³-hybridized carbons (Fsp3) is 0.417. The molecule has 0 N–H and O–H groups in total. The molecule has 1 amide bonds. The number of ether oxygens (including phenoxy) is 1. The van der Waals surface area contributed by atoms with Crippen LogP contribution >= 0.6 is 0 Å². The summed E-state index contributed by atoms with van der Waals surface area (Å²) in [4.78, 5) is 47.9. The van der Waals surface area contributed by atoms with E-state index in [4.69, 9.17) is 10.00 Å². The number of carbonyl (C=O) groups excluding carboxylic acids is 3. The molecule has 3 heterocycles. The van der Waals surface area contributed by atoms with Gasteiger partial charge in [-0.1, -0.05) is 26.0 Å². The van der Waals surface area contributed by atoms with Crippen LogP contribution in [0, 0.1) is 28.6 Å². The van der Waals surface area contributed by atoms with Gasteiger partial charge in [0.1, 0.15) is 11.4 Å². The predicted molar refractivity (Wildman–Crippen MR) is 167 cm³/mol. The van der Waals surface area contributed by atoms with Crippen LogP contribution in [0.5, 0.6) is 5.75 Å². The van der Waals surface area contributed by atoms with Crippen molar-refractivity contribution in [2.75, 3.05) is 33.3 Å². The molecule has 0 saturated carbocycles. The Labute approximate surface area is 259 Å². The molecular formula is C36H40N4O4. The molecule has 5 rings (SSSR count). The summed E-state index contributed by atoms with van der Waals surface area (Å²) >= 11 is 0. The van der Waals surface area contributed by atoms with E-state index in [9.17, 15) is 14.4 Å². The molecule has 3 aromatic rings. The van der Waals surface area contributed by atoms with E-state index in [1.807, 2.05) is 24.3 Å². The lowest BCUT2D eigenvalue weighted by Gasteiger charge is -2.44. The van der Waals surface area contributed by atoms with E-state index in [0.717, 1.165) is 26.1 Å². The van der Waals surface area contributed by atoms with E-state index in [0.29, 0.717) is 60.5 Å². The van der Waals surface area contributed by atoms with E-state index in [1.165, 1.54) is 11.8 Å². The molecule has 8 nitrogen and oxygen atoms in total. The lowest BCUT2D eigenvalue weighted by molar-refractivity contribution is 0.0430. The van der Waals surface area contributed by atoms with E-state index in [-0.39, 0.29) is 34.7 Å². The van der Waals surface area contributed by atoms with Crippen LogP contribution in [0.25, 0.3) is 0 Å². The lowest BCUT2D eigenvalue weighted by atomic mass is 9.71. The average Bonchev–Trinajstić information content (AvgIpc) is 3.05. The topological polar surface area (TPSA) is 104 Å². The third-order valence-corrected chi connectivity index (χ3v) is 9.28. The van der Waals surface area contributed by atoms with Crippen molar-refractivity contribution in [1.29, 1.82) is 5.26 Å². The number of nitriles is 1. The van der Waals surface area contributed by atoms with E-state index in [1.54, 1.807) is 48.4 Å². The fourth-order valence-electron chi connectivity index (χ4n) is 6.49. The number of aromatic nitrogens is 1. The molecule has 1 atom stereocenters. The molecular weight excluding hydrogens is 552 g/mol. The molecule has 0 bridgehead atoms. The van der Waals surface area contributed by atoms with E-state index >= 15 is 0 Å². The number of likely N-dealkylation sites (tertiary alicyclic amines) is 2. The molecule has 1 aromatic heterocycles. The Morgan fingerprint density at radius 3 is 2.20 bits per heavy atom. The normalized spacial score (nSPS) is 18.8. The van der Waals surface area contributed by atoms with Gasteiger partial charge in [-0.3, -0.25) is 24.3 Å². The summed E-state index contributed by atoms with van der Waals surface area (Å²) in [5, 5.41) is 9.04. The van der Waals surface area contributed by atoms with Gasteiger partial charge in [0.15, 0.2) is 11.6 Å². The number of pyridine rings is 1. The molecule has 228 valence electrons. The number of ketones is 2. The maximum absolute atomic E-state index is 13.3. The first-order valence-electron chi connectivity index (χ1n) is 15.3. The smallest absolute Gasteiger partial charge is 0.272 e.